The molecule has 6 heteroatoms. The minimum Gasteiger partial charge on any atom is -0.456 e. The number of rotatable bonds is 0. The van der Waals surface area contributed by atoms with Crippen LogP contribution in [0.1, 0.15) is 205 Å². The molecule has 0 bridgehead atoms. The van der Waals surface area contributed by atoms with Crippen molar-refractivity contribution in [3.05, 3.63) is 347 Å². The van der Waals surface area contributed by atoms with Crippen LogP contribution in [0.2, 0.25) is 0 Å². The van der Waals surface area contributed by atoms with E-state index in [0.29, 0.717) is 11.1 Å². The molecule has 20 aromatic rings. The van der Waals surface area contributed by atoms with Crippen LogP contribution in [-0.2, 0) is 44.3 Å². The van der Waals surface area contributed by atoms with E-state index in [1.807, 2.05) is 122 Å². The van der Waals surface area contributed by atoms with Crippen LogP contribution >= 0.6 is 34.0 Å². The number of benzene rings is 14. The molecule has 0 saturated heterocycles. The number of thiophene rings is 3. The quantitative estimate of drug-likeness (QED) is 0.152. The Balaban J connectivity index is 0.000000111. The molecule has 14 aromatic carbocycles. The minimum atomic E-state index is -2.17. The molecule has 0 unspecified atom stereocenters. The average Bonchev–Trinajstić information content (AvgIpc) is 1.63. The van der Waals surface area contributed by atoms with Crippen LogP contribution in [0.15, 0.2) is 304 Å². The Labute approximate surface area is 727 Å². The van der Waals surface area contributed by atoms with E-state index < -0.39 is 6.85 Å². The summed E-state index contributed by atoms with van der Waals surface area (Å²) in [5, 5.41) is 14.9. The summed E-state index contributed by atoms with van der Waals surface area (Å²) in [6.45, 7) is 44.6. The molecule has 0 atom stereocenters. The second kappa shape index (κ2) is 32.9. The van der Waals surface area contributed by atoms with Gasteiger partial charge in [-0.3, -0.25) is 0 Å². The lowest BCUT2D eigenvalue weighted by Gasteiger charge is -2.21. The fraction of sp³-hybridized carbons (Fsp3) is 0.263. The van der Waals surface area contributed by atoms with Crippen molar-refractivity contribution in [1.29, 1.82) is 0 Å². The molecule has 3 nitrogen and oxygen atoms in total. The van der Waals surface area contributed by atoms with Crippen molar-refractivity contribution in [1.82, 2.24) is 0 Å². The summed E-state index contributed by atoms with van der Waals surface area (Å²) in [5.74, 6) is 0. The SMILES string of the molecule is CC(C)(C)c1ccc2c(c1)Cc1ccccc1-2.CC(C)(C)c1ccc2sc3ccccc3c2c1.CC(C)(C)c1cccc2c1oc1ccccc12.CC(C)(C)c1cccc2c1sc1ccccc12.CC(C)(C)c1cccc2oc3ccccc3c12.CC(C)(C)c1cccc2sc3ccccc3c12.[2H]C([2H])([2H])c1c(C(C)(C)C)ccc2oc3ccccc3c12. The number of hydrogen-bond acceptors (Lipinski definition) is 6. The Morgan fingerprint density at radius 3 is 1.24 bits per heavy atom. The highest BCUT2D eigenvalue weighted by Crippen LogP contribution is 2.46. The second-order valence-electron chi connectivity index (χ2n) is 39.3. The zero-order valence-corrected chi connectivity index (χ0v) is 76.3. The highest BCUT2D eigenvalue weighted by molar-refractivity contribution is 7.26. The van der Waals surface area contributed by atoms with Crippen molar-refractivity contribution in [2.24, 2.45) is 0 Å². The van der Waals surface area contributed by atoms with Gasteiger partial charge in [0.05, 0.1) is 0 Å². The number of para-hydroxylation sites is 4. The largest absolute Gasteiger partial charge is 0.456 e. The predicted octanol–water partition coefficient (Wildman–Crippen LogP) is 35.6. The van der Waals surface area contributed by atoms with E-state index in [1.165, 1.54) is 138 Å². The molecule has 0 radical (unpaired) electrons. The van der Waals surface area contributed by atoms with Gasteiger partial charge in [0.1, 0.15) is 33.5 Å². The zero-order chi connectivity index (χ0) is 87.7. The van der Waals surface area contributed by atoms with Crippen molar-refractivity contribution in [2.75, 3.05) is 0 Å². The number of hydrogen-bond donors (Lipinski definition) is 0. The van der Waals surface area contributed by atoms with Gasteiger partial charge in [-0.05, 0) is 179 Å². The molecule has 0 N–H and O–H groups in total. The lowest BCUT2D eigenvalue weighted by atomic mass is 9.83. The van der Waals surface area contributed by atoms with E-state index >= 15 is 0 Å². The third kappa shape index (κ3) is 17.4. The molecule has 1 aliphatic carbocycles. The van der Waals surface area contributed by atoms with Gasteiger partial charge in [-0.15, -0.1) is 34.0 Å². The van der Waals surface area contributed by atoms with Crippen LogP contribution in [0, 0.1) is 6.85 Å². The van der Waals surface area contributed by atoms with Gasteiger partial charge in [0.15, 0.2) is 0 Å². The summed E-state index contributed by atoms with van der Waals surface area (Å²) < 4.78 is 50.0. The number of fused-ring (bicyclic) bond motifs is 21. The van der Waals surface area contributed by atoms with Crippen LogP contribution in [-0.4, -0.2) is 0 Å². The fourth-order valence-electron chi connectivity index (χ4n) is 16.7. The lowest BCUT2D eigenvalue weighted by molar-refractivity contribution is 0.573. The van der Waals surface area contributed by atoms with Gasteiger partial charge in [-0.25, -0.2) is 0 Å². The number of furan rings is 3. The van der Waals surface area contributed by atoms with Crippen molar-refractivity contribution in [3.8, 4) is 11.1 Å². The third-order valence-corrected chi connectivity index (χ3v) is 26.6. The Morgan fingerprint density at radius 1 is 0.242 bits per heavy atom. The van der Waals surface area contributed by atoms with Crippen LogP contribution in [0.4, 0.5) is 0 Å². The van der Waals surface area contributed by atoms with Gasteiger partial charge < -0.3 is 13.3 Å². The molecule has 120 heavy (non-hydrogen) atoms. The van der Waals surface area contributed by atoms with Crippen LogP contribution in [0.3, 0.4) is 0 Å². The van der Waals surface area contributed by atoms with Crippen molar-refractivity contribution in [2.45, 2.75) is 197 Å². The maximum atomic E-state index is 7.98. The molecule has 1 aliphatic rings. The molecule has 0 spiro atoms. The second-order valence-corrected chi connectivity index (χ2v) is 42.6. The Kier molecular flexibility index (Phi) is 22.0. The molecule has 0 amide bonds. The zero-order valence-electron chi connectivity index (χ0n) is 76.9. The average molecular weight is 1630 g/mol. The first-order valence-electron chi connectivity index (χ1n) is 43.8. The lowest BCUT2D eigenvalue weighted by Crippen LogP contribution is -2.12. The molecule has 6 aromatic heterocycles. The van der Waals surface area contributed by atoms with Crippen molar-refractivity contribution < 1.29 is 17.4 Å². The molecule has 0 saturated carbocycles. The van der Waals surface area contributed by atoms with E-state index in [0.717, 1.165) is 50.7 Å². The van der Waals surface area contributed by atoms with Crippen molar-refractivity contribution >= 4 is 160 Å². The first kappa shape index (κ1) is 80.2. The Hall–Kier alpha value is -10.9. The van der Waals surface area contributed by atoms with E-state index in [2.05, 4.69) is 349 Å². The molecule has 608 valence electrons. The monoisotopic (exact) mass is 1630 g/mol. The fourth-order valence-corrected chi connectivity index (χ4v) is 20.4. The first-order chi connectivity index (χ1) is 58.1. The Bertz CT molecular complexity index is 6980. The molecular weight excluding hydrogens is 1510 g/mol. The van der Waals surface area contributed by atoms with E-state index in [-0.39, 0.29) is 37.9 Å². The summed E-state index contributed by atoms with van der Waals surface area (Å²) in [5.41, 5.74) is 21.6. The van der Waals surface area contributed by atoms with E-state index in [1.54, 1.807) is 0 Å². The van der Waals surface area contributed by atoms with Crippen LogP contribution in [0.5, 0.6) is 0 Å². The predicted molar refractivity (Wildman–Crippen MR) is 529 cm³/mol. The van der Waals surface area contributed by atoms with E-state index in [4.69, 9.17) is 17.4 Å². The van der Waals surface area contributed by atoms with E-state index in [9.17, 15) is 0 Å². The van der Waals surface area contributed by atoms with Gasteiger partial charge >= 0.3 is 0 Å². The maximum absolute atomic E-state index is 7.98. The van der Waals surface area contributed by atoms with Crippen LogP contribution in [0.25, 0.3) is 137 Å². The van der Waals surface area contributed by atoms with Crippen molar-refractivity contribution in [3.63, 3.8) is 0 Å². The Morgan fingerprint density at radius 2 is 0.642 bits per heavy atom. The van der Waals surface area contributed by atoms with Gasteiger partial charge in [-0.2, -0.15) is 0 Å². The molecular formula is C114H116O3S3. The summed E-state index contributed by atoms with van der Waals surface area (Å²) in [6, 6.07) is 103. The summed E-state index contributed by atoms with van der Waals surface area (Å²) in [4.78, 5) is 0. The third-order valence-electron chi connectivity index (χ3n) is 23.1. The highest BCUT2D eigenvalue weighted by Gasteiger charge is 2.27. The van der Waals surface area contributed by atoms with Gasteiger partial charge in [0.25, 0.3) is 0 Å². The van der Waals surface area contributed by atoms with Gasteiger partial charge in [-0.1, -0.05) is 370 Å². The summed E-state index contributed by atoms with van der Waals surface area (Å²) in [6.07, 6.45) is 1.09. The molecule has 21 rings (SSSR count). The summed E-state index contributed by atoms with van der Waals surface area (Å²) >= 11 is 5.69. The molecule has 0 fully saturated rings. The topological polar surface area (TPSA) is 39.4 Å². The standard InChI is InChI=1S/C17H18O.C17H18.2C16H16O.3C16H16S/c1-11-13(17(2,3)4)9-10-15-16(11)12-7-5-6-8-14(12)18-15;1-17(2,3)14-8-9-16-13(11-14)10-12-6-4-5-7-15(12)16;1-16(2,3)13-9-6-8-12-11-7-4-5-10-14(11)17-15(12)13;1-16(2,3)12-8-6-10-14-15(12)11-7-4-5-9-13(11)17-14;1-16(2,3)13-9-6-8-12-11-7-4-5-10-14(11)17-15(12)13;1-16(2,3)12-8-6-10-14-15(12)11-7-4-5-9-13(11)17-14;1-16(2,3)11-8-9-15-13(10-11)12-6-4-5-7-14(12)17-15/h5-10H,1-4H3;4-9,11H,10H2,1-3H3;5*4-10H,1-3H3/i1D3;;;;;;. The smallest absolute Gasteiger partial charge is 0.139 e. The summed E-state index contributed by atoms with van der Waals surface area (Å²) in [7, 11) is 0. The van der Waals surface area contributed by atoms with Gasteiger partial charge in [0.2, 0.25) is 0 Å². The molecule has 0 aliphatic heterocycles. The minimum absolute atomic E-state index is 0.105. The number of aryl methyl sites for hydroxylation is 1. The normalized spacial score (nSPS) is 13.0. The maximum Gasteiger partial charge on any atom is 0.139 e. The van der Waals surface area contributed by atoms with Gasteiger partial charge in [0, 0.05) is 103 Å². The van der Waals surface area contributed by atoms with Crippen LogP contribution < -0.4 is 0 Å². The first-order valence-corrected chi connectivity index (χ1v) is 44.8. The molecule has 6 heterocycles. The highest BCUT2D eigenvalue weighted by atomic mass is 32.1.